The van der Waals surface area contributed by atoms with Gasteiger partial charge in [-0.15, -0.1) is 0 Å². The lowest BCUT2D eigenvalue weighted by Gasteiger charge is -2.27. The molecule has 0 unspecified atom stereocenters. The fourth-order valence-corrected chi connectivity index (χ4v) is 6.91. The molecule has 7 rings (SSSR count). The Kier molecular flexibility index (Phi) is 6.56. The Labute approximate surface area is 270 Å². The Balaban J connectivity index is 1.37. The minimum Gasteiger partial charge on any atom is -0.510 e. The number of hydrazone groups is 1. The number of aliphatic hydroxyl groups is 2. The fraction of sp³-hybridized carbons (Fsp3) is 0.121. The van der Waals surface area contributed by atoms with Gasteiger partial charge in [-0.05, 0) is 48.1 Å². The van der Waals surface area contributed by atoms with Crippen LogP contribution in [-0.4, -0.2) is 39.5 Å². The van der Waals surface area contributed by atoms with E-state index in [0.29, 0.717) is 11.3 Å². The van der Waals surface area contributed by atoms with Crippen LogP contribution in [0.4, 0.5) is 5.69 Å². The molecule has 3 aromatic rings. The molecule has 48 heavy (non-hydrogen) atoms. The van der Waals surface area contributed by atoms with Crippen LogP contribution in [0.1, 0.15) is 33.6 Å². The lowest BCUT2D eigenvalue weighted by Crippen LogP contribution is -2.51. The van der Waals surface area contributed by atoms with Crippen molar-refractivity contribution in [3.8, 4) is 11.5 Å². The minimum atomic E-state index is -2.02. The molecule has 2 aromatic carbocycles. The molecule has 15 heteroatoms. The van der Waals surface area contributed by atoms with Crippen molar-refractivity contribution in [3.63, 3.8) is 0 Å². The van der Waals surface area contributed by atoms with Crippen LogP contribution < -0.4 is 53.6 Å². The number of carbonyl (C=O) groups is 1. The average Bonchev–Trinajstić information content (AvgIpc) is 3.54. The number of pyridine rings is 1. The van der Waals surface area contributed by atoms with Crippen LogP contribution in [0.5, 0.6) is 11.5 Å². The first kappa shape index (κ1) is 30.4. The summed E-state index contributed by atoms with van der Waals surface area (Å²) in [7, 11) is 1.11. The van der Waals surface area contributed by atoms with Gasteiger partial charge in [-0.25, -0.2) is 5.43 Å². The number of aliphatic hydroxyl groups excluding tert-OH is 2. The van der Waals surface area contributed by atoms with Crippen LogP contribution in [0.2, 0.25) is 5.02 Å². The van der Waals surface area contributed by atoms with E-state index in [4.69, 9.17) is 22.1 Å². The second kappa shape index (κ2) is 10.4. The number of benzene rings is 2. The number of phenols is 1. The van der Waals surface area contributed by atoms with Crippen molar-refractivity contribution in [2.45, 2.75) is 18.3 Å². The summed E-state index contributed by atoms with van der Waals surface area (Å²) in [5.74, 6) is -3.32. The molecule has 4 aliphatic rings. The van der Waals surface area contributed by atoms with Gasteiger partial charge in [-0.3, -0.25) is 28.8 Å². The van der Waals surface area contributed by atoms with E-state index in [1.54, 1.807) is 0 Å². The normalized spacial score (nSPS) is 16.7. The van der Waals surface area contributed by atoms with Gasteiger partial charge in [0.15, 0.2) is 11.2 Å². The molecule has 7 N–H and O–H groups in total. The third kappa shape index (κ3) is 3.95. The molecular formula is C33H21ClN4O10. The van der Waals surface area contributed by atoms with Gasteiger partial charge in [0, 0.05) is 17.2 Å². The van der Waals surface area contributed by atoms with E-state index in [2.05, 4.69) is 15.5 Å². The number of anilines is 1. The highest BCUT2D eigenvalue weighted by Gasteiger charge is 2.53. The Morgan fingerprint density at radius 1 is 0.979 bits per heavy atom. The summed E-state index contributed by atoms with van der Waals surface area (Å²) in [6, 6.07) is 8.03. The van der Waals surface area contributed by atoms with Crippen LogP contribution in [0.25, 0.3) is 22.3 Å². The first-order chi connectivity index (χ1) is 22.8. The number of nitrogens with two attached hydrogens (primary N) is 1. The summed E-state index contributed by atoms with van der Waals surface area (Å²) < 4.78 is 4.89. The lowest BCUT2D eigenvalue weighted by atomic mass is 9.78. The largest absolute Gasteiger partial charge is 0.510 e. The molecule has 4 aliphatic carbocycles. The second-order valence-corrected chi connectivity index (χ2v) is 11.8. The number of hydrogen-bond acceptors (Lipinski definition) is 12. The number of halogens is 1. The quantitative estimate of drug-likeness (QED) is 0.0811. The van der Waals surface area contributed by atoms with Gasteiger partial charge in [0.2, 0.25) is 16.3 Å². The molecule has 1 heterocycles. The third-order valence-corrected chi connectivity index (χ3v) is 9.23. The van der Waals surface area contributed by atoms with Crippen LogP contribution >= 0.6 is 11.6 Å². The number of phenolic OH excluding ortho intramolecular Hbond substituents is 1. The highest BCUT2D eigenvalue weighted by Crippen LogP contribution is 2.54. The van der Waals surface area contributed by atoms with Crippen LogP contribution in [-0.2, 0) is 11.8 Å². The molecule has 1 atom stereocenters. The van der Waals surface area contributed by atoms with Gasteiger partial charge >= 0.3 is 0 Å². The molecule has 0 radical (unpaired) electrons. The number of nitrogen functional groups attached to an aromatic ring is 1. The number of aromatic nitrogens is 1. The monoisotopic (exact) mass is 668 g/mol. The minimum absolute atomic E-state index is 0.104. The summed E-state index contributed by atoms with van der Waals surface area (Å²) in [4.78, 5) is 81.2. The van der Waals surface area contributed by atoms with Crippen LogP contribution in [0.15, 0.2) is 65.5 Å². The number of methoxy groups -OCH3 is 1. The summed E-state index contributed by atoms with van der Waals surface area (Å²) in [5, 5.41) is 35.8. The maximum Gasteiger partial charge on any atom is 0.271 e. The van der Waals surface area contributed by atoms with Crippen molar-refractivity contribution < 1.29 is 24.9 Å². The van der Waals surface area contributed by atoms with Crippen LogP contribution in [0.3, 0.4) is 0 Å². The average molecular weight is 669 g/mol. The lowest BCUT2D eigenvalue weighted by molar-refractivity contribution is 0.0955. The molecule has 14 nitrogen and oxygen atoms in total. The predicted molar refractivity (Wildman–Crippen MR) is 174 cm³/mol. The number of ether oxygens (including phenoxy) is 1. The van der Waals surface area contributed by atoms with Gasteiger partial charge in [0.05, 0.1) is 56.0 Å². The van der Waals surface area contributed by atoms with E-state index < -0.39 is 82.5 Å². The zero-order valence-corrected chi connectivity index (χ0v) is 25.3. The predicted octanol–water partition coefficient (Wildman–Crippen LogP) is -0.487. The fourth-order valence-electron chi connectivity index (χ4n) is 6.73. The molecule has 1 spiro atoms. The van der Waals surface area contributed by atoms with Gasteiger partial charge < -0.3 is 30.8 Å². The summed E-state index contributed by atoms with van der Waals surface area (Å²) >= 11 is 5.96. The number of amides is 1. The summed E-state index contributed by atoms with van der Waals surface area (Å²) in [5.41, 5.74) is 1.68. The Bertz CT molecular complexity index is 2840. The number of H-pyrrole nitrogens is 1. The maximum atomic E-state index is 13.6. The molecule has 0 saturated heterocycles. The molecule has 0 aliphatic heterocycles. The number of fused-ring (bicyclic) bond motifs is 4. The number of nitrogens with one attached hydrogen (secondary N) is 2. The number of carbonyl (C=O) groups excluding carboxylic acids is 1. The van der Waals surface area contributed by atoms with E-state index >= 15 is 0 Å². The maximum absolute atomic E-state index is 13.6. The Hall–Kier alpha value is -6.28. The molecule has 0 saturated carbocycles. The third-order valence-electron chi connectivity index (χ3n) is 8.91. The van der Waals surface area contributed by atoms with Crippen molar-refractivity contribution in [3.05, 3.63) is 136 Å². The standard InChI is InChI=1S/C33H21ClN4O10/c1-48-18-9-17(39)20-21(25(18)40)27(42)23-22(26(20)41)29(44)33(30(23)45)5-4-11-6-13-7-14(37-32(47)19(13)28(43)24(11)33)10-36-38-31(46)12-2-3-16(35)15(34)8-12/h2-3,6-10,43-45H,4-5,35H2,1H3,(H,37,47)(H,38,46)/b36-10+/t33-/m0/s1. The van der Waals surface area contributed by atoms with Gasteiger partial charge in [-0.1, -0.05) is 17.7 Å². The van der Waals surface area contributed by atoms with Crippen molar-refractivity contribution >= 4 is 51.7 Å². The summed E-state index contributed by atoms with van der Waals surface area (Å²) in [6.07, 6.45) is 1.13. The number of aromatic amines is 1. The van der Waals surface area contributed by atoms with Gasteiger partial charge in [0.1, 0.15) is 22.7 Å². The topological polar surface area (TPSA) is 239 Å². The number of nitrogens with zero attached hydrogens (tertiary/aromatic N) is 1. The zero-order valence-electron chi connectivity index (χ0n) is 24.6. The Morgan fingerprint density at radius 2 is 1.67 bits per heavy atom. The highest BCUT2D eigenvalue weighted by molar-refractivity contribution is 6.33. The molecule has 1 aromatic heterocycles. The van der Waals surface area contributed by atoms with E-state index in [-0.39, 0.29) is 45.5 Å². The van der Waals surface area contributed by atoms with Crippen LogP contribution in [0, 0.1) is 10.4 Å². The number of rotatable bonds is 4. The second-order valence-electron chi connectivity index (χ2n) is 11.4. The van der Waals surface area contributed by atoms with Crippen molar-refractivity contribution in [2.75, 3.05) is 12.8 Å². The molecule has 240 valence electrons. The molecule has 1 amide bonds. The SMILES string of the molecule is COc1cc(=O)c2c(=O)c3c(c(=O)c=2c1=O)=C(O)[C@]1(CCc2cc4cc(/C=N/NC(=O)c5ccc(N)c(Cl)c5)[nH]c(=O)c4c(O)c21)C=3O. The zero-order chi connectivity index (χ0) is 34.4. The smallest absolute Gasteiger partial charge is 0.271 e. The Morgan fingerprint density at radius 3 is 2.33 bits per heavy atom. The van der Waals surface area contributed by atoms with E-state index in [1.807, 2.05) is 0 Å². The summed E-state index contributed by atoms with van der Waals surface area (Å²) in [6.45, 7) is 0. The van der Waals surface area contributed by atoms with Crippen molar-refractivity contribution in [1.29, 1.82) is 0 Å². The number of aryl methyl sites for hydroxylation is 1. The highest BCUT2D eigenvalue weighted by atomic mass is 35.5. The number of aromatic hydroxyl groups is 1. The molecule has 0 fully saturated rings. The first-order valence-corrected chi connectivity index (χ1v) is 14.6. The van der Waals surface area contributed by atoms with Crippen molar-refractivity contribution in [1.82, 2.24) is 10.4 Å². The first-order valence-electron chi connectivity index (χ1n) is 14.2. The number of hydrogen-bond donors (Lipinski definition) is 6. The van der Waals surface area contributed by atoms with Crippen molar-refractivity contribution in [2.24, 2.45) is 5.10 Å². The molecular weight excluding hydrogens is 648 g/mol. The van der Waals surface area contributed by atoms with E-state index in [0.717, 1.165) is 19.4 Å². The van der Waals surface area contributed by atoms with Gasteiger partial charge in [0.25, 0.3) is 11.5 Å². The molecule has 0 bridgehead atoms. The van der Waals surface area contributed by atoms with Gasteiger partial charge in [-0.2, -0.15) is 5.10 Å². The van der Waals surface area contributed by atoms with E-state index in [9.17, 15) is 44.1 Å². The van der Waals surface area contributed by atoms with E-state index in [1.165, 1.54) is 30.3 Å².